The smallest absolute Gasteiger partial charge is 0.188 e. The van der Waals surface area contributed by atoms with E-state index in [0.717, 1.165) is 11.1 Å². The van der Waals surface area contributed by atoms with Crippen molar-refractivity contribution >= 4 is 11.1 Å². The number of hydrogen-bond donors (Lipinski definition) is 1. The molecule has 0 saturated heterocycles. The minimum atomic E-state index is -1.99. The Morgan fingerprint density at radius 1 is 1.07 bits per heavy atom. The summed E-state index contributed by atoms with van der Waals surface area (Å²) in [6.45, 7) is 0. The van der Waals surface area contributed by atoms with E-state index < -0.39 is 11.1 Å². The van der Waals surface area contributed by atoms with E-state index >= 15 is 0 Å². The summed E-state index contributed by atoms with van der Waals surface area (Å²) in [4.78, 5) is 8.10. The highest BCUT2D eigenvalue weighted by molar-refractivity contribution is 7.79. The number of rotatable bonds is 2. The van der Waals surface area contributed by atoms with E-state index in [1.165, 1.54) is 6.20 Å². The average molecular weight is 220 g/mol. The first-order valence-corrected chi connectivity index (χ1v) is 5.34. The summed E-state index contributed by atoms with van der Waals surface area (Å²) in [5.74, 6) is 0. The van der Waals surface area contributed by atoms with Gasteiger partial charge in [0.1, 0.15) is 0 Å². The summed E-state index contributed by atoms with van der Waals surface area (Å²) >= 11 is -1.99. The molecule has 1 unspecified atom stereocenters. The van der Waals surface area contributed by atoms with Crippen LogP contribution >= 0.6 is 0 Å². The Morgan fingerprint density at radius 3 is 2.47 bits per heavy atom. The summed E-state index contributed by atoms with van der Waals surface area (Å²) in [5, 5.41) is 0. The molecule has 0 aliphatic rings. The van der Waals surface area contributed by atoms with Gasteiger partial charge in [0.25, 0.3) is 0 Å². The van der Waals surface area contributed by atoms with E-state index in [-0.39, 0.29) is 0 Å². The molecule has 1 N–H and O–H groups in total. The second-order valence-electron chi connectivity index (χ2n) is 2.89. The molecule has 0 fully saturated rings. The van der Waals surface area contributed by atoms with Gasteiger partial charge in [0.2, 0.25) is 0 Å². The van der Waals surface area contributed by atoms with Crippen LogP contribution in [0.5, 0.6) is 0 Å². The predicted octanol–water partition coefficient (Wildman–Crippen LogP) is 1.72. The normalized spacial score (nSPS) is 12.3. The van der Waals surface area contributed by atoms with Crippen molar-refractivity contribution in [2.75, 3.05) is 0 Å². The fourth-order valence-electron chi connectivity index (χ4n) is 1.22. The van der Waals surface area contributed by atoms with E-state index in [0.29, 0.717) is 4.90 Å². The van der Waals surface area contributed by atoms with Gasteiger partial charge in [0, 0.05) is 30.4 Å². The molecule has 15 heavy (non-hydrogen) atoms. The molecule has 0 bridgehead atoms. The van der Waals surface area contributed by atoms with E-state index in [1.807, 2.05) is 12.1 Å². The maximum absolute atomic E-state index is 10.8. The van der Waals surface area contributed by atoms with E-state index in [4.69, 9.17) is 4.55 Å². The summed E-state index contributed by atoms with van der Waals surface area (Å²) in [5.41, 5.74) is 1.72. The minimum absolute atomic E-state index is 0.296. The molecule has 76 valence electrons. The fraction of sp³-hybridized carbons (Fsp3) is 0. The Bertz CT molecular complexity index is 488. The van der Waals surface area contributed by atoms with Crippen LogP contribution in [0, 0.1) is 0 Å². The van der Waals surface area contributed by atoms with E-state index in [2.05, 4.69) is 9.97 Å². The SMILES string of the molecule is O=S(O)c1cncc(-c2ccncc2)c1. The Labute approximate surface area is 89.3 Å². The molecule has 0 aliphatic carbocycles. The van der Waals surface area contributed by atoms with Crippen LogP contribution in [0.2, 0.25) is 0 Å². The first kappa shape index (κ1) is 9.95. The zero-order chi connectivity index (χ0) is 10.7. The van der Waals surface area contributed by atoms with Gasteiger partial charge >= 0.3 is 0 Å². The van der Waals surface area contributed by atoms with Gasteiger partial charge in [-0.2, -0.15) is 0 Å². The highest BCUT2D eigenvalue weighted by atomic mass is 32.2. The highest BCUT2D eigenvalue weighted by Gasteiger charge is 2.03. The van der Waals surface area contributed by atoms with Crippen LogP contribution in [-0.4, -0.2) is 18.7 Å². The maximum atomic E-state index is 10.8. The third-order valence-corrected chi connectivity index (χ3v) is 2.55. The fourth-order valence-corrected chi connectivity index (χ4v) is 1.60. The average Bonchev–Trinajstić information content (AvgIpc) is 2.30. The van der Waals surface area contributed by atoms with Crippen molar-refractivity contribution in [2.24, 2.45) is 0 Å². The molecule has 1 atom stereocenters. The molecular formula is C10H8N2O2S. The summed E-state index contributed by atoms with van der Waals surface area (Å²) in [7, 11) is 0. The standard InChI is InChI=1S/C10H8N2O2S/c13-15(14)10-5-9(6-12-7-10)8-1-3-11-4-2-8/h1-7H,(H,13,14). The summed E-state index contributed by atoms with van der Waals surface area (Å²) in [6, 6.07) is 5.28. The first-order valence-electron chi connectivity index (χ1n) is 4.23. The largest absolute Gasteiger partial charge is 0.302 e. The van der Waals surface area contributed by atoms with Crippen LogP contribution in [0.25, 0.3) is 11.1 Å². The minimum Gasteiger partial charge on any atom is -0.302 e. The Kier molecular flexibility index (Phi) is 2.84. The number of pyridine rings is 2. The van der Waals surface area contributed by atoms with Crippen LogP contribution in [0.1, 0.15) is 0 Å². The quantitative estimate of drug-likeness (QED) is 0.783. The van der Waals surface area contributed by atoms with Gasteiger partial charge in [-0.05, 0) is 23.8 Å². The van der Waals surface area contributed by atoms with Gasteiger partial charge in [0.05, 0.1) is 4.90 Å². The van der Waals surface area contributed by atoms with Crippen molar-refractivity contribution < 1.29 is 8.76 Å². The Balaban J connectivity index is 2.46. The van der Waals surface area contributed by atoms with Crippen molar-refractivity contribution in [3.05, 3.63) is 43.0 Å². The van der Waals surface area contributed by atoms with Gasteiger partial charge in [-0.3, -0.25) is 9.97 Å². The van der Waals surface area contributed by atoms with Gasteiger partial charge < -0.3 is 4.55 Å². The second kappa shape index (κ2) is 4.29. The summed E-state index contributed by atoms with van der Waals surface area (Å²) in [6.07, 6.45) is 6.35. The monoisotopic (exact) mass is 220 g/mol. The number of hydrogen-bond acceptors (Lipinski definition) is 3. The van der Waals surface area contributed by atoms with Crippen LogP contribution in [0.15, 0.2) is 47.9 Å². The predicted molar refractivity (Wildman–Crippen MR) is 56.5 cm³/mol. The molecule has 0 aliphatic heterocycles. The second-order valence-corrected chi connectivity index (χ2v) is 3.86. The lowest BCUT2D eigenvalue weighted by Gasteiger charge is -2.01. The maximum Gasteiger partial charge on any atom is 0.188 e. The van der Waals surface area contributed by atoms with Gasteiger partial charge in [-0.1, -0.05) is 0 Å². The van der Waals surface area contributed by atoms with Gasteiger partial charge in [-0.15, -0.1) is 0 Å². The molecule has 0 saturated carbocycles. The van der Waals surface area contributed by atoms with Gasteiger partial charge in [0.15, 0.2) is 11.1 Å². The van der Waals surface area contributed by atoms with Crippen molar-refractivity contribution in [3.63, 3.8) is 0 Å². The van der Waals surface area contributed by atoms with Crippen LogP contribution in [-0.2, 0) is 11.1 Å². The van der Waals surface area contributed by atoms with Gasteiger partial charge in [-0.25, -0.2) is 4.21 Å². The van der Waals surface area contributed by atoms with Crippen molar-refractivity contribution in [1.29, 1.82) is 0 Å². The molecule has 2 rings (SSSR count). The van der Waals surface area contributed by atoms with Crippen molar-refractivity contribution in [3.8, 4) is 11.1 Å². The third-order valence-electron chi connectivity index (χ3n) is 1.93. The van der Waals surface area contributed by atoms with Crippen LogP contribution in [0.3, 0.4) is 0 Å². The molecule has 2 aromatic heterocycles. The third kappa shape index (κ3) is 2.26. The van der Waals surface area contributed by atoms with Crippen LogP contribution < -0.4 is 0 Å². The highest BCUT2D eigenvalue weighted by Crippen LogP contribution is 2.19. The molecule has 0 spiro atoms. The molecule has 4 nitrogen and oxygen atoms in total. The number of nitrogens with zero attached hydrogens (tertiary/aromatic N) is 2. The molecule has 5 heteroatoms. The lowest BCUT2D eigenvalue weighted by Crippen LogP contribution is -1.90. The molecule has 0 aromatic carbocycles. The molecule has 0 radical (unpaired) electrons. The number of aromatic nitrogens is 2. The summed E-state index contributed by atoms with van der Waals surface area (Å²) < 4.78 is 19.8. The van der Waals surface area contributed by atoms with Crippen LogP contribution in [0.4, 0.5) is 0 Å². The first-order chi connectivity index (χ1) is 7.27. The van der Waals surface area contributed by atoms with Crippen molar-refractivity contribution in [2.45, 2.75) is 4.90 Å². The zero-order valence-electron chi connectivity index (χ0n) is 7.70. The van der Waals surface area contributed by atoms with E-state index in [1.54, 1.807) is 24.7 Å². The van der Waals surface area contributed by atoms with E-state index in [9.17, 15) is 4.21 Å². The molecular weight excluding hydrogens is 212 g/mol. The Morgan fingerprint density at radius 2 is 1.80 bits per heavy atom. The topological polar surface area (TPSA) is 63.1 Å². The molecule has 0 amide bonds. The van der Waals surface area contributed by atoms with Crippen molar-refractivity contribution in [1.82, 2.24) is 9.97 Å². The molecule has 2 heterocycles. The lowest BCUT2D eigenvalue weighted by molar-refractivity contribution is 0.564. The lowest BCUT2D eigenvalue weighted by atomic mass is 10.1. The Hall–Kier alpha value is -1.59. The zero-order valence-corrected chi connectivity index (χ0v) is 8.52. The molecule has 2 aromatic rings.